The zero-order chi connectivity index (χ0) is 22.1. The van der Waals surface area contributed by atoms with Crippen LogP contribution in [0.15, 0.2) is 6.20 Å². The van der Waals surface area contributed by atoms with Crippen LogP contribution in [-0.4, -0.2) is 38.7 Å². The van der Waals surface area contributed by atoms with Crippen molar-refractivity contribution in [3.8, 4) is 11.9 Å². The summed E-state index contributed by atoms with van der Waals surface area (Å²) in [4.78, 5) is 4.66. The van der Waals surface area contributed by atoms with E-state index in [-0.39, 0.29) is 23.5 Å². The van der Waals surface area contributed by atoms with Crippen molar-refractivity contribution in [1.29, 1.82) is 0 Å². The minimum Gasteiger partial charge on any atom is -0.459 e. The van der Waals surface area contributed by atoms with Crippen LogP contribution in [0.2, 0.25) is 18.1 Å². The monoisotopic (exact) mass is 437 g/mol. The first kappa shape index (κ1) is 23.5. The van der Waals surface area contributed by atoms with Crippen LogP contribution >= 0.6 is 0 Å². The zero-order valence-electron chi connectivity index (χ0n) is 20.2. The van der Waals surface area contributed by atoms with Crippen LogP contribution in [-0.2, 0) is 9.16 Å². The smallest absolute Gasteiger partial charge is 0.459 e. The Bertz CT molecular complexity index is 738. The van der Waals surface area contributed by atoms with Crippen molar-refractivity contribution in [2.75, 3.05) is 13.2 Å². The highest BCUT2D eigenvalue weighted by molar-refractivity contribution is 6.74. The number of nitrogens with zero attached hydrogens (tertiary/aromatic N) is 2. The van der Waals surface area contributed by atoms with Crippen LogP contribution in [0, 0.1) is 12.8 Å². The summed E-state index contributed by atoms with van der Waals surface area (Å²) in [5.74, 6) is 1.24. The van der Waals surface area contributed by atoms with Gasteiger partial charge in [-0.25, -0.2) is 0 Å². The van der Waals surface area contributed by atoms with Crippen molar-refractivity contribution in [1.82, 2.24) is 4.98 Å². The number of unbranched alkanes of at least 4 members (excludes halogenated alkanes) is 2. The highest BCUT2D eigenvalue weighted by Gasteiger charge is 2.50. The molecule has 0 aliphatic carbocycles. The lowest BCUT2D eigenvalue weighted by Crippen LogP contribution is -2.48. The van der Waals surface area contributed by atoms with Crippen LogP contribution in [0.25, 0.3) is 0 Å². The van der Waals surface area contributed by atoms with E-state index in [0.29, 0.717) is 31.0 Å². The van der Waals surface area contributed by atoms with E-state index >= 15 is 0 Å². The van der Waals surface area contributed by atoms with Gasteiger partial charge < -0.3 is 18.6 Å². The molecule has 0 N–H and O–H groups in total. The molecule has 1 aromatic rings. The van der Waals surface area contributed by atoms with Gasteiger partial charge in [0.2, 0.25) is 6.23 Å². The molecule has 3 heterocycles. The molecule has 0 amide bonds. The predicted molar refractivity (Wildman–Crippen MR) is 119 cm³/mol. The van der Waals surface area contributed by atoms with Crippen molar-refractivity contribution < 1.29 is 23.2 Å². The maximum atomic E-state index is 6.55. The third kappa shape index (κ3) is 4.68. The Balaban J connectivity index is 1.65. The number of aryl methyl sites for hydroxylation is 1. The number of hydrogen-bond donors (Lipinski definition) is 0. The molecule has 0 saturated carbocycles. The summed E-state index contributed by atoms with van der Waals surface area (Å²) in [7, 11) is -1.90. The van der Waals surface area contributed by atoms with Gasteiger partial charge in [0, 0.05) is 4.98 Å². The first-order chi connectivity index (χ1) is 14.1. The SMILES string of the molecule is CCCCCOc1nc2[n+](cc1C)[C@H]1C[C@H](O2)[C@@H](CO[Si](C)(C)C(C)(C)C(C)C)O1. The molecule has 0 spiro atoms. The summed E-state index contributed by atoms with van der Waals surface area (Å²) in [5.41, 5.74) is 1.01. The maximum Gasteiger partial charge on any atom is 0.504 e. The fraction of sp³-hybridized carbons (Fsp3) is 0.826. The van der Waals surface area contributed by atoms with Gasteiger partial charge in [-0.1, -0.05) is 47.5 Å². The first-order valence-corrected chi connectivity index (χ1v) is 14.5. The molecule has 1 saturated heterocycles. The molecule has 7 heteroatoms. The van der Waals surface area contributed by atoms with Crippen LogP contribution in [0.1, 0.15) is 72.1 Å². The molecule has 2 aliphatic rings. The van der Waals surface area contributed by atoms with Gasteiger partial charge in [-0.2, -0.15) is 4.57 Å². The Morgan fingerprint density at radius 3 is 2.70 bits per heavy atom. The quantitative estimate of drug-likeness (QED) is 0.294. The summed E-state index contributed by atoms with van der Waals surface area (Å²) in [6.07, 6.45) is 6.13. The largest absolute Gasteiger partial charge is 0.504 e. The Morgan fingerprint density at radius 1 is 1.30 bits per heavy atom. The van der Waals surface area contributed by atoms with E-state index in [1.54, 1.807) is 0 Å². The second-order valence-electron chi connectivity index (χ2n) is 10.2. The Labute approximate surface area is 183 Å². The molecule has 6 nitrogen and oxygen atoms in total. The van der Waals surface area contributed by atoms with E-state index in [4.69, 9.17) is 18.6 Å². The Kier molecular flexibility index (Phi) is 7.14. The molecule has 3 rings (SSSR count). The van der Waals surface area contributed by atoms with Crippen molar-refractivity contribution in [3.63, 3.8) is 0 Å². The molecular weight excluding hydrogens is 396 g/mol. The average Bonchev–Trinajstić information content (AvgIpc) is 3.01. The van der Waals surface area contributed by atoms with Gasteiger partial charge in [-0.05, 0) is 37.4 Å². The van der Waals surface area contributed by atoms with Gasteiger partial charge in [0.15, 0.2) is 8.32 Å². The molecule has 1 aromatic heterocycles. The Morgan fingerprint density at radius 2 is 2.03 bits per heavy atom. The summed E-state index contributed by atoms with van der Waals surface area (Å²) < 4.78 is 27.0. The van der Waals surface area contributed by atoms with Crippen molar-refractivity contribution in [2.24, 2.45) is 5.92 Å². The fourth-order valence-electron chi connectivity index (χ4n) is 3.96. The molecule has 30 heavy (non-hydrogen) atoms. The van der Waals surface area contributed by atoms with Gasteiger partial charge in [0.25, 0.3) is 0 Å². The molecule has 2 aliphatic heterocycles. The number of fused-ring (bicyclic) bond motifs is 4. The fourth-order valence-corrected chi connectivity index (χ4v) is 6.31. The van der Waals surface area contributed by atoms with E-state index in [0.717, 1.165) is 18.4 Å². The zero-order valence-corrected chi connectivity index (χ0v) is 21.2. The maximum absolute atomic E-state index is 6.55. The van der Waals surface area contributed by atoms with Gasteiger partial charge in [0.05, 0.1) is 25.2 Å². The molecule has 0 unspecified atom stereocenters. The lowest BCUT2D eigenvalue weighted by molar-refractivity contribution is -0.769. The van der Waals surface area contributed by atoms with E-state index in [9.17, 15) is 0 Å². The second-order valence-corrected chi connectivity index (χ2v) is 14.8. The third-order valence-electron chi connectivity index (χ3n) is 7.43. The standard InChI is InChI=1S/C23H41N2O4Si/c1-9-10-11-12-26-21-17(4)14-25-20-13-18(29-22(25)24-21)19(28-20)15-27-30(7,8)23(5,6)16(2)3/h14,16,18-20H,9-13,15H2,1-8H3/q+1/t18-,19+,20+/m0/s1. The molecule has 0 aromatic carbocycles. The van der Waals surface area contributed by atoms with Gasteiger partial charge in [0.1, 0.15) is 18.4 Å². The molecular formula is C23H41N2O4Si+. The van der Waals surface area contributed by atoms with E-state index < -0.39 is 8.32 Å². The second kappa shape index (κ2) is 9.13. The number of ether oxygens (including phenoxy) is 3. The van der Waals surface area contributed by atoms with Crippen LogP contribution in [0.4, 0.5) is 0 Å². The summed E-state index contributed by atoms with van der Waals surface area (Å²) in [6, 6.07) is 0.592. The first-order valence-electron chi connectivity index (χ1n) is 11.6. The number of hydrogen-bond acceptors (Lipinski definition) is 5. The Hall–Kier alpha value is -1.18. The lowest BCUT2D eigenvalue weighted by Gasteiger charge is -2.43. The molecule has 1 fully saturated rings. The summed E-state index contributed by atoms with van der Waals surface area (Å²) >= 11 is 0. The molecule has 0 radical (unpaired) electrons. The van der Waals surface area contributed by atoms with Crippen LogP contribution < -0.4 is 14.0 Å². The van der Waals surface area contributed by atoms with Gasteiger partial charge in [-0.15, -0.1) is 0 Å². The lowest BCUT2D eigenvalue weighted by atomic mass is 9.99. The van der Waals surface area contributed by atoms with E-state index in [2.05, 4.69) is 52.7 Å². The summed E-state index contributed by atoms with van der Waals surface area (Å²) in [5, 5.41) is 0.182. The van der Waals surface area contributed by atoms with Crippen molar-refractivity contribution in [2.45, 2.75) is 104 Å². The van der Waals surface area contributed by atoms with E-state index in [1.807, 2.05) is 17.7 Å². The van der Waals surface area contributed by atoms with E-state index in [1.165, 1.54) is 12.8 Å². The molecule has 2 bridgehead atoms. The minimum atomic E-state index is -1.90. The van der Waals surface area contributed by atoms with Crippen LogP contribution in [0.5, 0.6) is 11.9 Å². The van der Waals surface area contributed by atoms with Crippen molar-refractivity contribution in [3.05, 3.63) is 11.8 Å². The topological polar surface area (TPSA) is 53.7 Å². The number of aromatic nitrogens is 2. The minimum absolute atomic E-state index is 0.0230. The molecule has 3 atom stereocenters. The van der Waals surface area contributed by atoms with Gasteiger partial charge in [-0.3, -0.25) is 0 Å². The third-order valence-corrected chi connectivity index (χ3v) is 12.0. The molecule has 170 valence electrons. The highest BCUT2D eigenvalue weighted by atomic mass is 28.4. The summed E-state index contributed by atoms with van der Waals surface area (Å²) in [6.45, 7) is 19.3. The predicted octanol–water partition coefficient (Wildman–Crippen LogP) is 4.95. The highest BCUT2D eigenvalue weighted by Crippen LogP contribution is 2.45. The normalized spacial score (nSPS) is 23.4. The number of rotatable bonds is 10. The van der Waals surface area contributed by atoms with Crippen molar-refractivity contribution >= 4 is 8.32 Å². The van der Waals surface area contributed by atoms with Gasteiger partial charge >= 0.3 is 11.9 Å². The van der Waals surface area contributed by atoms with Crippen LogP contribution in [0.3, 0.4) is 0 Å². The average molecular weight is 438 g/mol.